The smallest absolute Gasteiger partial charge is 0.315 e. The summed E-state index contributed by atoms with van der Waals surface area (Å²) in [5.41, 5.74) is 2.19. The Kier molecular flexibility index (Phi) is 3.23. The first-order valence-electron chi connectivity index (χ1n) is 7.01. The molecule has 0 bridgehead atoms. The van der Waals surface area contributed by atoms with Crippen molar-refractivity contribution < 1.29 is 4.74 Å². The highest BCUT2D eigenvalue weighted by Crippen LogP contribution is 2.22. The van der Waals surface area contributed by atoms with Gasteiger partial charge < -0.3 is 9.30 Å². The fraction of sp³-hybridized carbons (Fsp3) is 0.188. The predicted octanol–water partition coefficient (Wildman–Crippen LogP) is 2.66. The number of amidine groups is 1. The molecule has 3 aromatic rings. The molecule has 1 aromatic carbocycles. The van der Waals surface area contributed by atoms with Gasteiger partial charge >= 0.3 is 6.02 Å². The fourth-order valence-corrected chi connectivity index (χ4v) is 3.45. The lowest BCUT2D eigenvalue weighted by Gasteiger charge is -2.08. The van der Waals surface area contributed by atoms with E-state index in [0.29, 0.717) is 12.6 Å². The van der Waals surface area contributed by atoms with Gasteiger partial charge in [-0.25, -0.2) is 4.99 Å². The van der Waals surface area contributed by atoms with Gasteiger partial charge in [-0.15, -0.1) is 0 Å². The maximum absolute atomic E-state index is 5.84. The summed E-state index contributed by atoms with van der Waals surface area (Å²) in [4.78, 5) is 14.0. The molecule has 0 N–H and O–H groups in total. The number of nitrogens with zero attached hydrogens (tertiary/aromatic N) is 4. The Morgan fingerprint density at radius 2 is 2.18 bits per heavy atom. The summed E-state index contributed by atoms with van der Waals surface area (Å²) in [6, 6.07) is 12.6. The molecular formula is C16H14N4OS. The normalized spacial score (nSPS) is 18.5. The van der Waals surface area contributed by atoms with Gasteiger partial charge in [0.2, 0.25) is 0 Å². The van der Waals surface area contributed by atoms with E-state index < -0.39 is 0 Å². The van der Waals surface area contributed by atoms with Gasteiger partial charge in [-0.2, -0.15) is 4.99 Å². The molecule has 6 heteroatoms. The molecule has 1 unspecified atom stereocenters. The Morgan fingerprint density at radius 1 is 1.27 bits per heavy atom. The van der Waals surface area contributed by atoms with E-state index in [2.05, 4.69) is 31.7 Å². The number of aliphatic imine (C=N–C) groups is 1. The minimum atomic E-state index is -0.0906. The van der Waals surface area contributed by atoms with Gasteiger partial charge in [-0.05, 0) is 18.2 Å². The largest absolute Gasteiger partial charge is 0.453 e. The Balaban J connectivity index is 1.64. The molecule has 0 fully saturated rings. The number of fused-ring (bicyclic) bond motifs is 1. The molecule has 4 rings (SSSR count). The van der Waals surface area contributed by atoms with E-state index in [4.69, 9.17) is 4.74 Å². The zero-order valence-corrected chi connectivity index (χ0v) is 12.8. The van der Waals surface area contributed by atoms with E-state index in [0.717, 1.165) is 15.9 Å². The maximum atomic E-state index is 5.84. The van der Waals surface area contributed by atoms with Crippen molar-refractivity contribution in [3.63, 3.8) is 0 Å². The highest BCUT2D eigenvalue weighted by molar-refractivity contribution is 7.16. The quantitative estimate of drug-likeness (QED) is 0.694. The van der Waals surface area contributed by atoms with Crippen molar-refractivity contribution in [1.29, 1.82) is 0 Å². The summed E-state index contributed by atoms with van der Waals surface area (Å²) in [6.45, 7) is 0.582. The highest BCUT2D eigenvalue weighted by Gasteiger charge is 2.21. The zero-order valence-electron chi connectivity index (χ0n) is 12.0. The van der Waals surface area contributed by atoms with E-state index in [9.17, 15) is 0 Å². The molecule has 5 nitrogen and oxygen atoms in total. The molecule has 0 radical (unpaired) electrons. The second-order valence-electron chi connectivity index (χ2n) is 5.04. The summed E-state index contributed by atoms with van der Waals surface area (Å²) in [7, 11) is 2.01. The van der Waals surface area contributed by atoms with E-state index in [1.165, 1.54) is 4.70 Å². The number of aromatic nitrogens is 2. The number of para-hydroxylation sites is 1. The number of hydrogen-bond donors (Lipinski definition) is 0. The van der Waals surface area contributed by atoms with Gasteiger partial charge in [-0.3, -0.25) is 4.98 Å². The Bertz CT molecular complexity index is 911. The maximum Gasteiger partial charge on any atom is 0.315 e. The molecule has 22 heavy (non-hydrogen) atoms. The first kappa shape index (κ1) is 13.2. The van der Waals surface area contributed by atoms with Gasteiger partial charge in [0.15, 0.2) is 4.80 Å². The lowest BCUT2D eigenvalue weighted by atomic mass is 10.2. The van der Waals surface area contributed by atoms with Crippen LogP contribution < -0.4 is 4.80 Å². The van der Waals surface area contributed by atoms with Gasteiger partial charge in [0.1, 0.15) is 6.10 Å². The fourth-order valence-electron chi connectivity index (χ4n) is 2.43. The third-order valence-corrected chi connectivity index (χ3v) is 4.72. The summed E-state index contributed by atoms with van der Waals surface area (Å²) >= 11 is 1.63. The van der Waals surface area contributed by atoms with E-state index in [1.54, 1.807) is 17.5 Å². The van der Waals surface area contributed by atoms with Crippen molar-refractivity contribution >= 4 is 27.6 Å². The lowest BCUT2D eigenvalue weighted by Crippen LogP contribution is -2.14. The van der Waals surface area contributed by atoms with Crippen molar-refractivity contribution in [2.75, 3.05) is 6.54 Å². The third kappa shape index (κ3) is 2.31. The van der Waals surface area contributed by atoms with Crippen molar-refractivity contribution in [3.05, 3.63) is 59.2 Å². The predicted molar refractivity (Wildman–Crippen MR) is 86.7 cm³/mol. The highest BCUT2D eigenvalue weighted by atomic mass is 32.1. The van der Waals surface area contributed by atoms with Gasteiger partial charge in [0.25, 0.3) is 0 Å². The molecule has 1 aliphatic rings. The van der Waals surface area contributed by atoms with Gasteiger partial charge in [0.05, 0.1) is 16.8 Å². The molecule has 0 saturated carbocycles. The molecule has 110 valence electrons. The topological polar surface area (TPSA) is 51.8 Å². The molecular weight excluding hydrogens is 296 g/mol. The van der Waals surface area contributed by atoms with E-state index in [-0.39, 0.29) is 6.10 Å². The van der Waals surface area contributed by atoms with Gasteiger partial charge in [0, 0.05) is 25.0 Å². The van der Waals surface area contributed by atoms with Gasteiger partial charge in [-0.1, -0.05) is 29.5 Å². The van der Waals surface area contributed by atoms with Crippen LogP contribution >= 0.6 is 11.3 Å². The summed E-state index contributed by atoms with van der Waals surface area (Å²) in [5.74, 6) is 0. The van der Waals surface area contributed by atoms with Crippen molar-refractivity contribution in [2.45, 2.75) is 6.10 Å². The van der Waals surface area contributed by atoms with Crippen molar-refractivity contribution in [1.82, 2.24) is 9.55 Å². The minimum Gasteiger partial charge on any atom is -0.453 e. The summed E-state index contributed by atoms with van der Waals surface area (Å²) in [5, 5.41) is 0. The number of aryl methyl sites for hydroxylation is 1. The molecule has 0 saturated heterocycles. The van der Waals surface area contributed by atoms with Crippen LogP contribution in [0, 0.1) is 0 Å². The monoisotopic (exact) mass is 310 g/mol. The van der Waals surface area contributed by atoms with E-state index in [1.807, 2.05) is 37.5 Å². The second kappa shape index (κ2) is 5.38. The van der Waals surface area contributed by atoms with E-state index >= 15 is 0 Å². The number of rotatable bonds is 1. The van der Waals surface area contributed by atoms with Crippen LogP contribution in [-0.4, -0.2) is 22.1 Å². The van der Waals surface area contributed by atoms with Crippen molar-refractivity contribution in [2.24, 2.45) is 17.0 Å². The molecule has 0 amide bonds. The van der Waals surface area contributed by atoms with Crippen LogP contribution in [0.25, 0.3) is 10.2 Å². The molecule has 0 aliphatic carbocycles. The molecule has 1 atom stereocenters. The summed E-state index contributed by atoms with van der Waals surface area (Å²) < 4.78 is 9.10. The lowest BCUT2D eigenvalue weighted by molar-refractivity contribution is 0.225. The SMILES string of the molecule is Cn1/c(=N/C2=NCC(c3cccnc3)O2)sc2ccccc21. The Morgan fingerprint density at radius 3 is 3.00 bits per heavy atom. The number of benzene rings is 1. The summed E-state index contributed by atoms with van der Waals surface area (Å²) in [6.07, 6.45) is 3.47. The Labute approximate surface area is 131 Å². The molecule has 2 aromatic heterocycles. The number of pyridine rings is 1. The first-order valence-corrected chi connectivity index (χ1v) is 7.83. The van der Waals surface area contributed by atoms with Crippen LogP contribution in [0.2, 0.25) is 0 Å². The Hall–Kier alpha value is -2.47. The molecule has 0 spiro atoms. The molecule has 1 aliphatic heterocycles. The second-order valence-corrected chi connectivity index (χ2v) is 6.05. The zero-order chi connectivity index (χ0) is 14.9. The third-order valence-electron chi connectivity index (χ3n) is 3.60. The van der Waals surface area contributed by atoms with Crippen LogP contribution in [0.15, 0.2) is 58.8 Å². The number of ether oxygens (including phenoxy) is 1. The average molecular weight is 310 g/mol. The average Bonchev–Trinajstić information content (AvgIpc) is 3.15. The van der Waals surface area contributed by atoms with Crippen LogP contribution in [0.4, 0.5) is 0 Å². The number of thiazole rings is 1. The van der Waals surface area contributed by atoms with Crippen LogP contribution in [0.5, 0.6) is 0 Å². The number of hydrogen-bond acceptors (Lipinski definition) is 5. The van der Waals surface area contributed by atoms with Crippen molar-refractivity contribution in [3.8, 4) is 0 Å². The standard InChI is InChI=1S/C16H14N4OS/c1-20-12-6-2-3-7-14(12)22-16(20)19-15-18-10-13(21-15)11-5-4-8-17-9-11/h2-9,13H,10H2,1H3/b19-16-. The first-order chi connectivity index (χ1) is 10.8. The van der Waals surface area contributed by atoms with Crippen LogP contribution in [0.3, 0.4) is 0 Å². The van der Waals surface area contributed by atoms with Crippen LogP contribution in [-0.2, 0) is 11.8 Å². The van der Waals surface area contributed by atoms with Crippen LogP contribution in [0.1, 0.15) is 11.7 Å². The molecule has 3 heterocycles. The minimum absolute atomic E-state index is 0.0906.